The van der Waals surface area contributed by atoms with E-state index in [1.165, 1.54) is 12.8 Å². The minimum atomic E-state index is -3.33. The molecule has 4 nitrogen and oxygen atoms in total. The summed E-state index contributed by atoms with van der Waals surface area (Å²) in [6.45, 7) is 6.30. The summed E-state index contributed by atoms with van der Waals surface area (Å²) >= 11 is 0. The Bertz CT molecular complexity index is 604. The standard InChI is InChI=1S/C16H24N2O2S/c1-16(2)9-10-18(12-16)21(19,20)15-7-3-13(4-8-15)11-17-14-5-6-14/h3-4,7-8,14,17H,5-6,9-12H2,1-2H3. The van der Waals surface area contributed by atoms with Gasteiger partial charge < -0.3 is 5.32 Å². The van der Waals surface area contributed by atoms with E-state index >= 15 is 0 Å². The van der Waals surface area contributed by atoms with Crippen LogP contribution in [0.25, 0.3) is 0 Å². The number of sulfonamides is 1. The van der Waals surface area contributed by atoms with Crippen molar-refractivity contribution in [3.05, 3.63) is 29.8 Å². The molecule has 0 radical (unpaired) electrons. The van der Waals surface area contributed by atoms with Crippen LogP contribution in [0, 0.1) is 5.41 Å². The highest BCUT2D eigenvalue weighted by Crippen LogP contribution is 2.32. The van der Waals surface area contributed by atoms with E-state index in [1.54, 1.807) is 16.4 Å². The molecule has 1 aromatic carbocycles. The molecule has 3 rings (SSSR count). The lowest BCUT2D eigenvalue weighted by atomic mass is 9.93. The molecule has 0 amide bonds. The third-order valence-corrected chi connectivity index (χ3v) is 6.24. The third-order valence-electron chi connectivity index (χ3n) is 4.38. The van der Waals surface area contributed by atoms with Crippen LogP contribution in [-0.2, 0) is 16.6 Å². The molecule has 1 N–H and O–H groups in total. The Hall–Kier alpha value is -0.910. The molecule has 5 heteroatoms. The number of hydrogen-bond donors (Lipinski definition) is 1. The molecule has 116 valence electrons. The Labute approximate surface area is 127 Å². The van der Waals surface area contributed by atoms with Gasteiger partial charge in [-0.05, 0) is 42.4 Å². The zero-order chi connectivity index (χ0) is 15.1. The van der Waals surface area contributed by atoms with Gasteiger partial charge in [0.15, 0.2) is 0 Å². The minimum absolute atomic E-state index is 0.0845. The van der Waals surface area contributed by atoms with Crippen molar-refractivity contribution < 1.29 is 8.42 Å². The van der Waals surface area contributed by atoms with Crippen LogP contribution in [0.4, 0.5) is 0 Å². The van der Waals surface area contributed by atoms with E-state index in [9.17, 15) is 8.42 Å². The largest absolute Gasteiger partial charge is 0.310 e. The predicted molar refractivity (Wildman–Crippen MR) is 83.5 cm³/mol. The van der Waals surface area contributed by atoms with Gasteiger partial charge in [-0.15, -0.1) is 0 Å². The van der Waals surface area contributed by atoms with Crippen LogP contribution in [0.3, 0.4) is 0 Å². The lowest BCUT2D eigenvalue weighted by Gasteiger charge is -2.19. The van der Waals surface area contributed by atoms with Gasteiger partial charge in [0.25, 0.3) is 0 Å². The second-order valence-electron chi connectivity index (χ2n) is 7.05. The topological polar surface area (TPSA) is 49.4 Å². The lowest BCUT2D eigenvalue weighted by Crippen LogP contribution is -2.30. The Morgan fingerprint density at radius 1 is 1.24 bits per heavy atom. The van der Waals surface area contributed by atoms with Crippen molar-refractivity contribution in [3.63, 3.8) is 0 Å². The monoisotopic (exact) mass is 308 g/mol. The number of benzene rings is 1. The average Bonchev–Trinajstić information content (AvgIpc) is 3.19. The molecule has 1 aromatic rings. The molecule has 1 saturated carbocycles. The van der Waals surface area contributed by atoms with Crippen molar-refractivity contribution in [1.82, 2.24) is 9.62 Å². The summed E-state index contributed by atoms with van der Waals surface area (Å²) in [5, 5.41) is 3.44. The van der Waals surface area contributed by atoms with E-state index in [0.717, 1.165) is 18.5 Å². The minimum Gasteiger partial charge on any atom is -0.310 e. The first-order valence-corrected chi connectivity index (χ1v) is 9.13. The summed E-state index contributed by atoms with van der Waals surface area (Å²) < 4.78 is 26.9. The van der Waals surface area contributed by atoms with Crippen LogP contribution in [-0.4, -0.2) is 31.9 Å². The molecule has 1 saturated heterocycles. The van der Waals surface area contributed by atoms with E-state index in [-0.39, 0.29) is 5.41 Å². The third kappa shape index (κ3) is 3.47. The summed E-state index contributed by atoms with van der Waals surface area (Å²) in [6, 6.07) is 7.99. The van der Waals surface area contributed by atoms with Gasteiger partial charge in [0.05, 0.1) is 4.90 Å². The molecule has 21 heavy (non-hydrogen) atoms. The molecule has 0 bridgehead atoms. The van der Waals surface area contributed by atoms with E-state index in [4.69, 9.17) is 0 Å². The number of rotatable bonds is 5. The van der Waals surface area contributed by atoms with Crippen LogP contribution in [0.15, 0.2) is 29.2 Å². The van der Waals surface area contributed by atoms with E-state index in [2.05, 4.69) is 19.2 Å². The van der Waals surface area contributed by atoms with Crippen molar-refractivity contribution in [2.24, 2.45) is 5.41 Å². The summed E-state index contributed by atoms with van der Waals surface area (Å²) in [5.74, 6) is 0. The molecule has 0 spiro atoms. The van der Waals surface area contributed by atoms with Gasteiger partial charge in [0, 0.05) is 25.7 Å². The summed E-state index contributed by atoms with van der Waals surface area (Å²) in [7, 11) is -3.33. The maximum Gasteiger partial charge on any atom is 0.243 e. The van der Waals surface area contributed by atoms with Gasteiger partial charge in [0.2, 0.25) is 10.0 Å². The fourth-order valence-corrected chi connectivity index (χ4v) is 4.38. The van der Waals surface area contributed by atoms with Crippen LogP contribution in [0.5, 0.6) is 0 Å². The van der Waals surface area contributed by atoms with Gasteiger partial charge >= 0.3 is 0 Å². The molecule has 1 heterocycles. The van der Waals surface area contributed by atoms with Crippen molar-refractivity contribution in [2.75, 3.05) is 13.1 Å². The maximum absolute atomic E-state index is 12.6. The molecule has 2 fully saturated rings. The van der Waals surface area contributed by atoms with Crippen molar-refractivity contribution in [1.29, 1.82) is 0 Å². The van der Waals surface area contributed by atoms with Gasteiger partial charge in [0.1, 0.15) is 0 Å². The Morgan fingerprint density at radius 3 is 2.43 bits per heavy atom. The molecule has 0 atom stereocenters. The molecule has 1 aliphatic heterocycles. The van der Waals surface area contributed by atoms with Crippen LogP contribution >= 0.6 is 0 Å². The van der Waals surface area contributed by atoms with E-state index in [1.807, 2.05) is 12.1 Å². The van der Waals surface area contributed by atoms with Crippen molar-refractivity contribution in [2.45, 2.75) is 50.6 Å². The second-order valence-corrected chi connectivity index (χ2v) is 8.99. The highest BCUT2D eigenvalue weighted by atomic mass is 32.2. The smallest absolute Gasteiger partial charge is 0.243 e. The SMILES string of the molecule is CC1(C)CCN(S(=O)(=O)c2ccc(CNC3CC3)cc2)C1. The summed E-state index contributed by atoms with van der Waals surface area (Å²) in [6.07, 6.45) is 3.45. The van der Waals surface area contributed by atoms with Crippen LogP contribution in [0.2, 0.25) is 0 Å². The van der Waals surface area contributed by atoms with Crippen LogP contribution < -0.4 is 5.32 Å². The first kappa shape index (κ1) is 15.0. The predicted octanol–water partition coefficient (Wildman–Crippen LogP) is 2.36. The zero-order valence-corrected chi connectivity index (χ0v) is 13.6. The number of nitrogens with zero attached hydrogens (tertiary/aromatic N) is 1. The van der Waals surface area contributed by atoms with E-state index < -0.39 is 10.0 Å². The van der Waals surface area contributed by atoms with Gasteiger partial charge in [-0.25, -0.2) is 8.42 Å². The zero-order valence-electron chi connectivity index (χ0n) is 12.8. The van der Waals surface area contributed by atoms with Crippen molar-refractivity contribution in [3.8, 4) is 0 Å². The molecular formula is C16H24N2O2S. The fraction of sp³-hybridized carbons (Fsp3) is 0.625. The normalized spacial score (nSPS) is 22.6. The van der Waals surface area contributed by atoms with E-state index in [0.29, 0.717) is 24.0 Å². The molecule has 2 aliphatic rings. The maximum atomic E-state index is 12.6. The highest BCUT2D eigenvalue weighted by molar-refractivity contribution is 7.89. The van der Waals surface area contributed by atoms with Gasteiger partial charge in [-0.1, -0.05) is 26.0 Å². The molecule has 0 aromatic heterocycles. The Balaban J connectivity index is 1.70. The van der Waals surface area contributed by atoms with Crippen LogP contribution in [0.1, 0.15) is 38.7 Å². The lowest BCUT2D eigenvalue weighted by molar-refractivity contribution is 0.375. The fourth-order valence-electron chi connectivity index (χ4n) is 2.75. The number of hydrogen-bond acceptors (Lipinski definition) is 3. The molecule has 0 unspecified atom stereocenters. The second kappa shape index (κ2) is 5.38. The first-order chi connectivity index (χ1) is 9.87. The molecular weight excluding hydrogens is 284 g/mol. The Kier molecular flexibility index (Phi) is 3.84. The summed E-state index contributed by atoms with van der Waals surface area (Å²) in [4.78, 5) is 0.412. The highest BCUT2D eigenvalue weighted by Gasteiger charge is 2.36. The average molecular weight is 308 g/mol. The van der Waals surface area contributed by atoms with Crippen molar-refractivity contribution >= 4 is 10.0 Å². The molecule has 1 aliphatic carbocycles. The summed E-state index contributed by atoms with van der Waals surface area (Å²) in [5.41, 5.74) is 1.23. The van der Waals surface area contributed by atoms with Gasteiger partial charge in [-0.3, -0.25) is 0 Å². The first-order valence-electron chi connectivity index (χ1n) is 7.69. The Morgan fingerprint density at radius 2 is 1.90 bits per heavy atom. The van der Waals surface area contributed by atoms with Gasteiger partial charge in [-0.2, -0.15) is 4.31 Å². The quantitative estimate of drug-likeness (QED) is 0.908. The number of nitrogens with one attached hydrogen (secondary N) is 1.